The van der Waals surface area contributed by atoms with Crippen molar-refractivity contribution in [2.24, 2.45) is 5.92 Å². The molecule has 2 N–H and O–H groups in total. The molecule has 2 aromatic carbocycles. The molecule has 0 aromatic heterocycles. The summed E-state index contributed by atoms with van der Waals surface area (Å²) < 4.78 is 5.70. The van der Waals surface area contributed by atoms with E-state index in [-0.39, 0.29) is 30.9 Å². The molecule has 178 valence electrons. The molecule has 0 spiro atoms. The van der Waals surface area contributed by atoms with E-state index < -0.39 is 23.5 Å². The average molecular weight is 463 g/mol. The van der Waals surface area contributed by atoms with Crippen LogP contribution in [0.1, 0.15) is 56.1 Å². The summed E-state index contributed by atoms with van der Waals surface area (Å²) in [4.78, 5) is 38.9. The van der Waals surface area contributed by atoms with Crippen molar-refractivity contribution in [3.63, 3.8) is 0 Å². The lowest BCUT2D eigenvalue weighted by Crippen LogP contribution is -2.56. The highest BCUT2D eigenvalue weighted by Gasteiger charge is 2.45. The predicted octanol–water partition coefficient (Wildman–Crippen LogP) is 4.16. The number of aliphatic carboxylic acids is 1. The Hall–Kier alpha value is -3.35. The second-order valence-corrected chi connectivity index (χ2v) is 9.82. The van der Waals surface area contributed by atoms with Crippen LogP contribution < -0.4 is 5.32 Å². The minimum atomic E-state index is -0.863. The molecule has 0 radical (unpaired) electrons. The van der Waals surface area contributed by atoms with Crippen molar-refractivity contribution in [2.45, 2.75) is 56.5 Å². The number of fused-ring (bicyclic) bond motifs is 3. The molecule has 1 aliphatic heterocycles. The molecule has 0 bridgehead atoms. The molecule has 2 fully saturated rings. The quantitative estimate of drug-likeness (QED) is 0.672. The Kier molecular flexibility index (Phi) is 5.80. The van der Waals surface area contributed by atoms with E-state index in [2.05, 4.69) is 29.6 Å². The fraction of sp³-hybridized carbons (Fsp3) is 0.444. The molecular formula is C27H30N2O5. The van der Waals surface area contributed by atoms with Gasteiger partial charge in [0.25, 0.3) is 0 Å². The summed E-state index contributed by atoms with van der Waals surface area (Å²) in [5.74, 6) is -1.51. The van der Waals surface area contributed by atoms with Gasteiger partial charge in [0.2, 0.25) is 5.91 Å². The summed E-state index contributed by atoms with van der Waals surface area (Å²) >= 11 is 0. The number of carboxylic acids is 1. The van der Waals surface area contributed by atoms with Gasteiger partial charge in [0.15, 0.2) is 0 Å². The highest BCUT2D eigenvalue weighted by atomic mass is 16.5. The standard InChI is InChI=1S/C27H30N2O5/c1-17-18(25(31)32)11-14-29(17)24(30)15-27(12-6-13-27)28-26(33)34-16-23-21-9-4-2-7-19(21)20-8-3-5-10-22(20)23/h2-5,7-10,17-18,23H,6,11-16H2,1H3,(H,28,33)(H,31,32). The maximum Gasteiger partial charge on any atom is 0.407 e. The highest BCUT2D eigenvalue weighted by Crippen LogP contribution is 2.44. The minimum absolute atomic E-state index is 0.0180. The van der Waals surface area contributed by atoms with E-state index >= 15 is 0 Å². The van der Waals surface area contributed by atoms with Crippen LogP contribution in [0.25, 0.3) is 11.1 Å². The molecule has 7 nitrogen and oxygen atoms in total. The molecule has 1 saturated heterocycles. The SMILES string of the molecule is CC1C(C(=O)O)CCN1C(=O)CC1(NC(=O)OCC2c3ccccc3-c3ccccc32)CCC1. The minimum Gasteiger partial charge on any atom is -0.481 e. The smallest absolute Gasteiger partial charge is 0.407 e. The number of hydrogen-bond acceptors (Lipinski definition) is 4. The molecule has 3 aliphatic rings. The Morgan fingerprint density at radius 3 is 2.21 bits per heavy atom. The molecule has 34 heavy (non-hydrogen) atoms. The van der Waals surface area contributed by atoms with Gasteiger partial charge < -0.3 is 20.1 Å². The van der Waals surface area contributed by atoms with Gasteiger partial charge in [-0.2, -0.15) is 0 Å². The van der Waals surface area contributed by atoms with Gasteiger partial charge in [0, 0.05) is 18.5 Å². The molecule has 7 heteroatoms. The van der Waals surface area contributed by atoms with Gasteiger partial charge in [-0.05, 0) is 54.9 Å². The van der Waals surface area contributed by atoms with Crippen molar-refractivity contribution in [2.75, 3.05) is 13.2 Å². The normalized spacial score (nSPS) is 22.4. The maximum atomic E-state index is 13.0. The van der Waals surface area contributed by atoms with Crippen molar-refractivity contribution in [3.8, 4) is 11.1 Å². The van der Waals surface area contributed by atoms with Gasteiger partial charge in [-0.3, -0.25) is 9.59 Å². The van der Waals surface area contributed by atoms with Crippen molar-refractivity contribution in [3.05, 3.63) is 59.7 Å². The number of benzene rings is 2. The van der Waals surface area contributed by atoms with Gasteiger partial charge in [0.05, 0.1) is 17.9 Å². The summed E-state index contributed by atoms with van der Waals surface area (Å²) in [6, 6.07) is 16.0. The topological polar surface area (TPSA) is 95.9 Å². The van der Waals surface area contributed by atoms with Crippen molar-refractivity contribution in [1.29, 1.82) is 0 Å². The summed E-state index contributed by atoms with van der Waals surface area (Å²) in [5, 5.41) is 12.3. The van der Waals surface area contributed by atoms with E-state index in [1.165, 1.54) is 11.1 Å². The predicted molar refractivity (Wildman–Crippen MR) is 126 cm³/mol. The molecule has 2 aliphatic carbocycles. The zero-order valence-corrected chi connectivity index (χ0v) is 19.3. The van der Waals surface area contributed by atoms with Gasteiger partial charge in [-0.1, -0.05) is 48.5 Å². The van der Waals surface area contributed by atoms with Crippen LogP contribution >= 0.6 is 0 Å². The number of rotatable bonds is 6. The number of carbonyl (C=O) groups excluding carboxylic acids is 2. The largest absolute Gasteiger partial charge is 0.481 e. The fourth-order valence-corrected chi connectivity index (χ4v) is 5.81. The first kappa shape index (κ1) is 22.4. The Bertz CT molecular complexity index is 1080. The monoisotopic (exact) mass is 462 g/mol. The number of likely N-dealkylation sites (tertiary alicyclic amines) is 1. The first-order chi connectivity index (χ1) is 16.4. The van der Waals surface area contributed by atoms with Crippen LogP contribution in [0.15, 0.2) is 48.5 Å². The third-order valence-corrected chi connectivity index (χ3v) is 7.90. The van der Waals surface area contributed by atoms with Crippen molar-refractivity contribution >= 4 is 18.0 Å². The number of ether oxygens (including phenoxy) is 1. The number of amides is 2. The highest BCUT2D eigenvalue weighted by molar-refractivity contribution is 5.82. The second-order valence-electron chi connectivity index (χ2n) is 9.82. The Morgan fingerprint density at radius 1 is 1.06 bits per heavy atom. The summed E-state index contributed by atoms with van der Waals surface area (Å²) in [6.45, 7) is 2.46. The first-order valence-corrected chi connectivity index (χ1v) is 12.0. The summed E-state index contributed by atoms with van der Waals surface area (Å²) in [7, 11) is 0. The van der Waals surface area contributed by atoms with Crippen LogP contribution in [0, 0.1) is 5.92 Å². The zero-order valence-electron chi connectivity index (χ0n) is 19.3. The molecule has 2 unspecified atom stereocenters. The first-order valence-electron chi connectivity index (χ1n) is 12.0. The molecule has 5 rings (SSSR count). The van der Waals surface area contributed by atoms with E-state index in [4.69, 9.17) is 4.74 Å². The number of hydrogen-bond donors (Lipinski definition) is 2. The Labute approximate surface area is 199 Å². The van der Waals surface area contributed by atoms with Gasteiger partial charge in [-0.15, -0.1) is 0 Å². The van der Waals surface area contributed by atoms with Gasteiger partial charge in [0.1, 0.15) is 6.61 Å². The number of carboxylic acid groups (broad SMARTS) is 1. The summed E-state index contributed by atoms with van der Waals surface area (Å²) in [5.41, 5.74) is 4.04. The van der Waals surface area contributed by atoms with E-state index in [0.717, 1.165) is 17.5 Å². The third kappa shape index (κ3) is 3.93. The lowest BCUT2D eigenvalue weighted by atomic mass is 9.74. The van der Waals surface area contributed by atoms with Gasteiger partial charge in [-0.25, -0.2) is 4.79 Å². The number of carbonyl (C=O) groups is 3. The molecule has 1 saturated carbocycles. The Balaban J connectivity index is 1.21. The number of nitrogens with one attached hydrogen (secondary N) is 1. The second kappa shape index (κ2) is 8.78. The molecule has 2 atom stereocenters. The zero-order chi connectivity index (χ0) is 23.9. The molecule has 1 heterocycles. The van der Waals surface area contributed by atoms with Crippen LogP contribution in [-0.2, 0) is 14.3 Å². The average Bonchev–Trinajstić information content (AvgIpc) is 3.34. The number of nitrogens with zero attached hydrogens (tertiary/aromatic N) is 1. The van der Waals surface area contributed by atoms with Crippen molar-refractivity contribution < 1.29 is 24.2 Å². The van der Waals surface area contributed by atoms with Crippen LogP contribution in [0.5, 0.6) is 0 Å². The van der Waals surface area contributed by atoms with Gasteiger partial charge >= 0.3 is 12.1 Å². The molecule has 2 aromatic rings. The van der Waals surface area contributed by atoms with Crippen molar-refractivity contribution in [1.82, 2.24) is 10.2 Å². The van der Waals surface area contributed by atoms with Crippen LogP contribution in [-0.4, -0.2) is 52.7 Å². The van der Waals surface area contributed by atoms with E-state index in [0.29, 0.717) is 25.8 Å². The maximum absolute atomic E-state index is 13.0. The van der Waals surface area contributed by atoms with E-state index in [1.54, 1.807) is 11.8 Å². The Morgan fingerprint density at radius 2 is 1.68 bits per heavy atom. The van der Waals surface area contributed by atoms with Crippen LogP contribution in [0.3, 0.4) is 0 Å². The fourth-order valence-electron chi connectivity index (χ4n) is 5.81. The van der Waals surface area contributed by atoms with Crippen LogP contribution in [0.4, 0.5) is 4.79 Å². The molecular weight excluding hydrogens is 432 g/mol. The van der Waals surface area contributed by atoms with E-state index in [1.807, 2.05) is 24.3 Å². The van der Waals surface area contributed by atoms with E-state index in [9.17, 15) is 19.5 Å². The number of alkyl carbamates (subject to hydrolysis) is 1. The lowest BCUT2D eigenvalue weighted by Gasteiger charge is -2.42. The lowest BCUT2D eigenvalue weighted by molar-refractivity contribution is -0.143. The van der Waals surface area contributed by atoms with Crippen LogP contribution in [0.2, 0.25) is 0 Å². The summed E-state index contributed by atoms with van der Waals surface area (Å²) in [6.07, 6.45) is 2.50. The molecule has 2 amide bonds. The third-order valence-electron chi connectivity index (χ3n) is 7.90.